The van der Waals surface area contributed by atoms with E-state index in [0.717, 1.165) is 28.1 Å². The molecule has 3 aromatic carbocycles. The van der Waals surface area contributed by atoms with Crippen molar-refractivity contribution in [1.82, 2.24) is 5.32 Å². The van der Waals surface area contributed by atoms with Crippen molar-refractivity contribution in [3.8, 4) is 11.5 Å². The smallest absolute Gasteiger partial charge is 0.258 e. The Labute approximate surface area is 181 Å². The standard InChI is InChI=1S/C25H24N2O4/c1-30-20-10-7-18(8-11-20)25(17-5-3-2-4-6-17)27-24(29)16-31-21-12-13-22-19(15-21)9-14-23(28)26-22/h2-8,10-13,15,25H,9,14,16H2,1H3,(H,26,28)(H,27,29). The minimum absolute atomic E-state index is 0.0195. The van der Waals surface area contributed by atoms with Gasteiger partial charge in [0.15, 0.2) is 6.61 Å². The van der Waals surface area contributed by atoms with Gasteiger partial charge in [-0.2, -0.15) is 0 Å². The van der Waals surface area contributed by atoms with Gasteiger partial charge in [-0.05, 0) is 53.4 Å². The van der Waals surface area contributed by atoms with Crippen molar-refractivity contribution in [3.05, 3.63) is 89.5 Å². The van der Waals surface area contributed by atoms with Crippen molar-refractivity contribution in [2.45, 2.75) is 18.9 Å². The fraction of sp³-hybridized carbons (Fsp3) is 0.200. The summed E-state index contributed by atoms with van der Waals surface area (Å²) in [6.45, 7) is -0.107. The average molecular weight is 416 g/mol. The molecular weight excluding hydrogens is 392 g/mol. The van der Waals surface area contributed by atoms with E-state index in [1.54, 1.807) is 13.2 Å². The van der Waals surface area contributed by atoms with Crippen molar-refractivity contribution in [2.24, 2.45) is 0 Å². The summed E-state index contributed by atoms with van der Waals surface area (Å²) in [5, 5.41) is 5.90. The highest BCUT2D eigenvalue weighted by atomic mass is 16.5. The van der Waals surface area contributed by atoms with E-state index in [1.807, 2.05) is 66.7 Å². The van der Waals surface area contributed by atoms with Crippen LogP contribution < -0.4 is 20.1 Å². The lowest BCUT2D eigenvalue weighted by Gasteiger charge is -2.21. The first-order chi connectivity index (χ1) is 15.1. The number of carbonyl (C=O) groups excluding carboxylic acids is 2. The number of anilines is 1. The molecule has 158 valence electrons. The second-order valence-electron chi connectivity index (χ2n) is 7.34. The van der Waals surface area contributed by atoms with Crippen LogP contribution in [0.1, 0.15) is 29.2 Å². The van der Waals surface area contributed by atoms with E-state index in [1.165, 1.54) is 0 Å². The Morgan fingerprint density at radius 2 is 1.68 bits per heavy atom. The molecule has 0 saturated carbocycles. The quantitative estimate of drug-likeness (QED) is 0.613. The largest absolute Gasteiger partial charge is 0.497 e. The number of amides is 2. The van der Waals surface area contributed by atoms with E-state index in [0.29, 0.717) is 18.6 Å². The van der Waals surface area contributed by atoms with Crippen molar-refractivity contribution in [2.75, 3.05) is 19.0 Å². The minimum atomic E-state index is -0.304. The third-order valence-electron chi connectivity index (χ3n) is 5.23. The fourth-order valence-electron chi connectivity index (χ4n) is 3.60. The van der Waals surface area contributed by atoms with Crippen LogP contribution in [0.15, 0.2) is 72.8 Å². The highest BCUT2D eigenvalue weighted by Gasteiger charge is 2.18. The van der Waals surface area contributed by atoms with Gasteiger partial charge in [0.25, 0.3) is 5.91 Å². The van der Waals surface area contributed by atoms with E-state index in [-0.39, 0.29) is 24.5 Å². The fourth-order valence-corrected chi connectivity index (χ4v) is 3.60. The normalized spacial score (nSPS) is 13.5. The molecular formula is C25H24N2O4. The Hall–Kier alpha value is -3.80. The summed E-state index contributed by atoms with van der Waals surface area (Å²) in [7, 11) is 1.62. The van der Waals surface area contributed by atoms with Crippen LogP contribution in [0.5, 0.6) is 11.5 Å². The Morgan fingerprint density at radius 1 is 0.968 bits per heavy atom. The lowest BCUT2D eigenvalue weighted by Crippen LogP contribution is -2.33. The number of fused-ring (bicyclic) bond motifs is 1. The van der Waals surface area contributed by atoms with Crippen LogP contribution in [0.3, 0.4) is 0 Å². The zero-order valence-electron chi connectivity index (χ0n) is 17.3. The third-order valence-corrected chi connectivity index (χ3v) is 5.23. The molecule has 31 heavy (non-hydrogen) atoms. The first-order valence-corrected chi connectivity index (χ1v) is 10.2. The number of hydrogen-bond acceptors (Lipinski definition) is 4. The highest BCUT2D eigenvalue weighted by molar-refractivity contribution is 5.94. The van der Waals surface area contributed by atoms with Gasteiger partial charge in [0.05, 0.1) is 13.2 Å². The van der Waals surface area contributed by atoms with Gasteiger partial charge in [0, 0.05) is 12.1 Å². The first kappa shape index (κ1) is 20.5. The molecule has 0 aliphatic carbocycles. The third kappa shape index (κ3) is 5.04. The Kier molecular flexibility index (Phi) is 6.17. The summed E-state index contributed by atoms with van der Waals surface area (Å²) in [6.07, 6.45) is 1.12. The van der Waals surface area contributed by atoms with E-state index in [4.69, 9.17) is 9.47 Å². The Balaban J connectivity index is 1.44. The maximum atomic E-state index is 12.7. The summed E-state index contributed by atoms with van der Waals surface area (Å²) in [4.78, 5) is 24.2. The van der Waals surface area contributed by atoms with Gasteiger partial charge in [0.1, 0.15) is 11.5 Å². The average Bonchev–Trinajstić information content (AvgIpc) is 2.82. The van der Waals surface area contributed by atoms with Crippen LogP contribution >= 0.6 is 0 Å². The van der Waals surface area contributed by atoms with E-state index < -0.39 is 0 Å². The molecule has 1 heterocycles. The molecule has 3 aromatic rings. The summed E-state index contributed by atoms with van der Waals surface area (Å²) in [6, 6.07) is 22.6. The highest BCUT2D eigenvalue weighted by Crippen LogP contribution is 2.27. The number of methoxy groups -OCH3 is 1. The molecule has 1 aliphatic rings. The number of rotatable bonds is 7. The molecule has 0 radical (unpaired) electrons. The van der Waals surface area contributed by atoms with Gasteiger partial charge in [-0.25, -0.2) is 0 Å². The number of nitrogens with one attached hydrogen (secondary N) is 2. The van der Waals surface area contributed by atoms with Gasteiger partial charge in [-0.15, -0.1) is 0 Å². The predicted octanol–water partition coefficient (Wildman–Crippen LogP) is 3.86. The van der Waals surface area contributed by atoms with Crippen LogP contribution in [-0.2, 0) is 16.0 Å². The molecule has 0 bridgehead atoms. The minimum Gasteiger partial charge on any atom is -0.497 e. The maximum absolute atomic E-state index is 12.7. The lowest BCUT2D eigenvalue weighted by atomic mass is 9.98. The number of aryl methyl sites for hydroxylation is 1. The van der Waals surface area contributed by atoms with E-state index in [9.17, 15) is 9.59 Å². The van der Waals surface area contributed by atoms with Crippen molar-refractivity contribution in [1.29, 1.82) is 0 Å². The summed E-state index contributed by atoms with van der Waals surface area (Å²) in [5.74, 6) is 1.15. The summed E-state index contributed by atoms with van der Waals surface area (Å²) >= 11 is 0. The van der Waals surface area contributed by atoms with Crippen LogP contribution in [0, 0.1) is 0 Å². The van der Waals surface area contributed by atoms with E-state index in [2.05, 4.69) is 10.6 Å². The summed E-state index contributed by atoms with van der Waals surface area (Å²) in [5.41, 5.74) is 3.74. The molecule has 0 spiro atoms. The van der Waals surface area contributed by atoms with Crippen molar-refractivity contribution in [3.63, 3.8) is 0 Å². The number of carbonyl (C=O) groups is 2. The number of ether oxygens (including phenoxy) is 2. The maximum Gasteiger partial charge on any atom is 0.258 e. The van der Waals surface area contributed by atoms with Crippen LogP contribution in [-0.4, -0.2) is 25.5 Å². The zero-order chi connectivity index (χ0) is 21.6. The molecule has 1 atom stereocenters. The molecule has 1 unspecified atom stereocenters. The Bertz CT molecular complexity index is 1060. The molecule has 0 aromatic heterocycles. The van der Waals surface area contributed by atoms with Gasteiger partial charge >= 0.3 is 0 Å². The van der Waals surface area contributed by atoms with Gasteiger partial charge in [-0.1, -0.05) is 42.5 Å². The topological polar surface area (TPSA) is 76.7 Å². The van der Waals surface area contributed by atoms with Gasteiger partial charge in [-0.3, -0.25) is 9.59 Å². The summed E-state index contributed by atoms with van der Waals surface area (Å²) < 4.78 is 11.0. The van der Waals surface area contributed by atoms with Gasteiger partial charge < -0.3 is 20.1 Å². The predicted molar refractivity (Wildman–Crippen MR) is 118 cm³/mol. The SMILES string of the molecule is COc1ccc(C(NC(=O)COc2ccc3c(c2)CCC(=O)N3)c2ccccc2)cc1. The molecule has 1 aliphatic heterocycles. The molecule has 2 N–H and O–H groups in total. The zero-order valence-corrected chi connectivity index (χ0v) is 17.3. The first-order valence-electron chi connectivity index (χ1n) is 10.2. The molecule has 4 rings (SSSR count). The second-order valence-corrected chi connectivity index (χ2v) is 7.34. The number of benzene rings is 3. The van der Waals surface area contributed by atoms with Crippen molar-refractivity contribution < 1.29 is 19.1 Å². The van der Waals surface area contributed by atoms with Gasteiger partial charge in [0.2, 0.25) is 5.91 Å². The molecule has 6 nitrogen and oxygen atoms in total. The second kappa shape index (κ2) is 9.34. The molecule has 2 amide bonds. The molecule has 0 fully saturated rings. The molecule has 0 saturated heterocycles. The van der Waals surface area contributed by atoms with Crippen LogP contribution in [0.4, 0.5) is 5.69 Å². The van der Waals surface area contributed by atoms with Crippen LogP contribution in [0.2, 0.25) is 0 Å². The van der Waals surface area contributed by atoms with Crippen LogP contribution in [0.25, 0.3) is 0 Å². The Morgan fingerprint density at radius 3 is 2.42 bits per heavy atom. The monoisotopic (exact) mass is 416 g/mol. The van der Waals surface area contributed by atoms with Crippen molar-refractivity contribution >= 4 is 17.5 Å². The molecule has 6 heteroatoms. The number of hydrogen-bond donors (Lipinski definition) is 2. The lowest BCUT2D eigenvalue weighted by molar-refractivity contribution is -0.123. The van der Waals surface area contributed by atoms with E-state index >= 15 is 0 Å².